The average Bonchev–Trinajstić information content (AvgIpc) is 3.33. The van der Waals surface area contributed by atoms with Crippen molar-refractivity contribution in [3.8, 4) is 0 Å². The third-order valence-electron chi connectivity index (χ3n) is 4.44. The average molecular weight is 498 g/mol. The number of ether oxygens (including phenoxy) is 1. The van der Waals surface area contributed by atoms with Crippen LogP contribution in [0.5, 0.6) is 0 Å². The summed E-state index contributed by atoms with van der Waals surface area (Å²) in [7, 11) is -2.80. The molecule has 3 aromatic rings. The minimum Gasteiger partial charge on any atom is -0.377 e. The molecule has 0 fully saturated rings. The Balaban J connectivity index is 1.94. The predicted molar refractivity (Wildman–Crippen MR) is 121 cm³/mol. The number of sulfonamides is 1. The quantitative estimate of drug-likeness (QED) is 0.446. The Labute approximate surface area is 193 Å². The second kappa shape index (κ2) is 9.41. The number of methoxy groups -OCH3 is 1. The first-order valence-corrected chi connectivity index (χ1v) is 12.0. The fourth-order valence-electron chi connectivity index (χ4n) is 3.01. The summed E-state index contributed by atoms with van der Waals surface area (Å²) in [6.07, 6.45) is 0. The van der Waals surface area contributed by atoms with Gasteiger partial charge < -0.3 is 14.6 Å². The van der Waals surface area contributed by atoms with E-state index in [9.17, 15) is 18.0 Å². The van der Waals surface area contributed by atoms with Crippen LogP contribution in [0.25, 0.3) is 0 Å². The molecule has 0 atom stereocenters. The second-order valence-corrected chi connectivity index (χ2v) is 9.89. The summed E-state index contributed by atoms with van der Waals surface area (Å²) >= 11 is 6.92. The van der Waals surface area contributed by atoms with Crippen LogP contribution in [0.1, 0.15) is 36.9 Å². The molecule has 1 aromatic carbocycles. The minimum absolute atomic E-state index is 0.0198. The fourth-order valence-corrected chi connectivity index (χ4v) is 5.50. The van der Waals surface area contributed by atoms with Crippen LogP contribution in [0.2, 0.25) is 5.02 Å². The van der Waals surface area contributed by atoms with Crippen molar-refractivity contribution in [3.63, 3.8) is 0 Å². The summed E-state index contributed by atoms with van der Waals surface area (Å²) in [4.78, 5) is 25.2. The van der Waals surface area contributed by atoms with Gasteiger partial charge >= 0.3 is 0 Å². The number of amides is 1. The molecule has 2 heterocycles. The van der Waals surface area contributed by atoms with E-state index in [1.165, 1.54) is 18.6 Å². The minimum atomic E-state index is -4.20. The summed E-state index contributed by atoms with van der Waals surface area (Å²) in [5.41, 5.74) is 2.38. The number of nitrogens with one attached hydrogen (secondary N) is 2. The highest BCUT2D eigenvalue weighted by Crippen LogP contribution is 2.31. The van der Waals surface area contributed by atoms with E-state index < -0.39 is 15.9 Å². The monoisotopic (exact) mass is 497 g/mol. The molecule has 3 rings (SSSR count). The van der Waals surface area contributed by atoms with Crippen LogP contribution in [0.3, 0.4) is 0 Å². The second-order valence-electron chi connectivity index (χ2n) is 6.95. The number of ketones is 1. The zero-order valence-corrected chi connectivity index (χ0v) is 20.0. The molecule has 0 radical (unpaired) electrons. The van der Waals surface area contributed by atoms with Gasteiger partial charge in [-0.1, -0.05) is 22.8 Å². The van der Waals surface area contributed by atoms with Crippen molar-refractivity contribution >= 4 is 56.2 Å². The molecule has 2 aromatic heterocycles. The van der Waals surface area contributed by atoms with Crippen LogP contribution in [0.15, 0.2) is 33.0 Å². The molecule has 0 aliphatic heterocycles. The van der Waals surface area contributed by atoms with Crippen LogP contribution >= 0.6 is 22.9 Å². The van der Waals surface area contributed by atoms with E-state index in [0.717, 1.165) is 16.9 Å². The van der Waals surface area contributed by atoms with Crippen LogP contribution in [0, 0.1) is 20.8 Å². The van der Waals surface area contributed by atoms with Crippen molar-refractivity contribution in [1.29, 1.82) is 0 Å². The Morgan fingerprint density at radius 1 is 1.25 bits per heavy atom. The molecule has 2 N–H and O–H groups in total. The lowest BCUT2D eigenvalue weighted by Gasteiger charge is -2.15. The van der Waals surface area contributed by atoms with E-state index in [-0.39, 0.29) is 38.6 Å². The van der Waals surface area contributed by atoms with Gasteiger partial charge in [0.25, 0.3) is 21.8 Å². The Bertz CT molecular complexity index is 1300. The number of carbonyl (C=O) groups excluding carboxylic acids is 2. The summed E-state index contributed by atoms with van der Waals surface area (Å²) in [6, 6.07) is 4.74. The van der Waals surface area contributed by atoms with Gasteiger partial charge in [0, 0.05) is 12.7 Å². The number of Topliss-reactive ketones (excluding diaryl/α,β-unsaturated/α-hetero) is 1. The highest BCUT2D eigenvalue weighted by molar-refractivity contribution is 7.93. The van der Waals surface area contributed by atoms with E-state index in [4.69, 9.17) is 20.9 Å². The van der Waals surface area contributed by atoms with Gasteiger partial charge in [0.1, 0.15) is 27.1 Å². The number of thiophene rings is 1. The van der Waals surface area contributed by atoms with Gasteiger partial charge in [-0.25, -0.2) is 13.1 Å². The fraction of sp³-hybridized carbons (Fsp3) is 0.250. The normalized spacial score (nSPS) is 11.4. The summed E-state index contributed by atoms with van der Waals surface area (Å²) < 4.78 is 37.8. The Morgan fingerprint density at radius 3 is 2.59 bits per heavy atom. The van der Waals surface area contributed by atoms with Gasteiger partial charge in [0.05, 0.1) is 5.69 Å². The number of hydrogen-bond acceptors (Lipinski definition) is 8. The molecular formula is C20H20ClN3O6S2. The molecule has 0 bridgehead atoms. The number of nitrogens with zero attached hydrogens (tertiary/aromatic N) is 1. The third kappa shape index (κ3) is 4.85. The van der Waals surface area contributed by atoms with E-state index in [1.54, 1.807) is 26.0 Å². The van der Waals surface area contributed by atoms with E-state index >= 15 is 0 Å². The number of aryl methyl sites for hydroxylation is 3. The third-order valence-corrected chi connectivity index (χ3v) is 7.30. The van der Waals surface area contributed by atoms with Gasteiger partial charge in [-0.15, -0.1) is 11.3 Å². The number of benzene rings is 1. The maximum absolute atomic E-state index is 13.0. The molecule has 9 nitrogen and oxygen atoms in total. The number of anilines is 2. The summed E-state index contributed by atoms with van der Waals surface area (Å²) in [6.45, 7) is 4.97. The predicted octanol–water partition coefficient (Wildman–Crippen LogP) is 4.20. The van der Waals surface area contributed by atoms with Crippen molar-refractivity contribution in [1.82, 2.24) is 5.16 Å². The first-order chi connectivity index (χ1) is 15.0. The molecule has 0 unspecified atom stereocenters. The number of halogens is 1. The molecule has 1 amide bonds. The highest BCUT2D eigenvalue weighted by atomic mass is 35.5. The van der Waals surface area contributed by atoms with Gasteiger partial charge in [-0.3, -0.25) is 9.59 Å². The van der Waals surface area contributed by atoms with Crippen LogP contribution in [0.4, 0.5) is 11.6 Å². The van der Waals surface area contributed by atoms with Crippen molar-refractivity contribution in [3.05, 3.63) is 55.9 Å². The lowest BCUT2D eigenvalue weighted by Crippen LogP contribution is -2.20. The number of rotatable bonds is 8. The van der Waals surface area contributed by atoms with E-state index in [0.29, 0.717) is 16.9 Å². The summed E-state index contributed by atoms with van der Waals surface area (Å²) in [5.74, 6) is -1.24. The zero-order valence-electron chi connectivity index (χ0n) is 17.6. The number of aromatic nitrogens is 1. The van der Waals surface area contributed by atoms with Gasteiger partial charge in [0.15, 0.2) is 5.78 Å². The summed E-state index contributed by atoms with van der Waals surface area (Å²) in [5, 5.41) is 7.77. The zero-order chi connectivity index (χ0) is 23.6. The maximum Gasteiger partial charge on any atom is 0.267 e. The maximum atomic E-state index is 13.0. The number of hydrogen-bond donors (Lipinski definition) is 2. The standard InChI is InChI=1S/C20H20ClN3O6S2/c1-10-7-11(2)17(13(8-10)14(25)9-29-4)22-19(26)18-15(5-6-31-18)32(27,28)24-20-16(21)12(3)23-30-20/h5-8,24H,9H2,1-4H3,(H,22,26). The van der Waals surface area contributed by atoms with Crippen molar-refractivity contribution in [2.75, 3.05) is 23.8 Å². The van der Waals surface area contributed by atoms with Crippen molar-refractivity contribution < 1.29 is 27.3 Å². The highest BCUT2D eigenvalue weighted by Gasteiger charge is 2.28. The lowest BCUT2D eigenvalue weighted by molar-refractivity contribution is 0.0848. The van der Waals surface area contributed by atoms with Crippen LogP contribution < -0.4 is 10.0 Å². The molecular weight excluding hydrogens is 478 g/mol. The van der Waals surface area contributed by atoms with Gasteiger partial charge in [-0.05, 0) is 49.4 Å². The Morgan fingerprint density at radius 2 is 1.97 bits per heavy atom. The van der Waals surface area contributed by atoms with Crippen molar-refractivity contribution in [2.45, 2.75) is 25.7 Å². The topological polar surface area (TPSA) is 128 Å². The molecule has 0 saturated carbocycles. The van der Waals surface area contributed by atoms with Gasteiger partial charge in [0.2, 0.25) is 0 Å². The first-order valence-electron chi connectivity index (χ1n) is 9.22. The largest absolute Gasteiger partial charge is 0.377 e. The molecule has 12 heteroatoms. The SMILES string of the molecule is COCC(=O)c1cc(C)cc(C)c1NC(=O)c1sccc1S(=O)(=O)Nc1onc(C)c1Cl. The first kappa shape index (κ1) is 23.9. The molecule has 0 saturated heterocycles. The molecule has 0 aliphatic carbocycles. The molecule has 0 spiro atoms. The van der Waals surface area contributed by atoms with E-state index in [1.807, 2.05) is 6.92 Å². The Kier molecular flexibility index (Phi) is 7.03. The molecule has 32 heavy (non-hydrogen) atoms. The van der Waals surface area contributed by atoms with E-state index in [2.05, 4.69) is 15.2 Å². The van der Waals surface area contributed by atoms with Crippen LogP contribution in [-0.2, 0) is 14.8 Å². The van der Waals surface area contributed by atoms with Crippen molar-refractivity contribution in [2.24, 2.45) is 0 Å². The molecule has 170 valence electrons. The smallest absolute Gasteiger partial charge is 0.267 e. The van der Waals surface area contributed by atoms with Crippen LogP contribution in [-0.4, -0.2) is 39.0 Å². The van der Waals surface area contributed by atoms with Gasteiger partial charge in [-0.2, -0.15) is 0 Å². The lowest BCUT2D eigenvalue weighted by atomic mass is 10.0. The molecule has 0 aliphatic rings. The Hall–Kier alpha value is -2.73. The number of carbonyl (C=O) groups is 2.